The van der Waals surface area contributed by atoms with Crippen molar-refractivity contribution in [3.05, 3.63) is 40.4 Å². The van der Waals surface area contributed by atoms with E-state index in [-0.39, 0.29) is 27.4 Å². The molecule has 1 aromatic rings. The Labute approximate surface area is 140 Å². The number of nitrogens with one attached hydrogen (secondary N) is 1. The lowest BCUT2D eigenvalue weighted by Crippen LogP contribution is -2.30. The Hall–Kier alpha value is -1.52. The third-order valence-electron chi connectivity index (χ3n) is 3.55. The molecule has 2 amide bonds. The Morgan fingerprint density at radius 2 is 2.23 bits per heavy atom. The molecule has 6 heteroatoms. The van der Waals surface area contributed by atoms with Crippen LogP contribution in [0.1, 0.15) is 24.8 Å². The molecule has 0 saturated carbocycles. The molecule has 4 nitrogen and oxygen atoms in total. The van der Waals surface area contributed by atoms with Crippen LogP contribution in [0, 0.1) is 6.07 Å². The molecule has 0 aromatic heterocycles. The highest BCUT2D eigenvalue weighted by atomic mass is 35.5. The third-order valence-corrected chi connectivity index (χ3v) is 4.34. The Balaban J connectivity index is 1.80. The lowest BCUT2D eigenvalue weighted by Gasteiger charge is -2.15. The van der Waals surface area contributed by atoms with E-state index < -0.39 is 0 Å². The zero-order valence-corrected chi connectivity index (χ0v) is 13.6. The zero-order valence-electron chi connectivity index (χ0n) is 12.1. The van der Waals surface area contributed by atoms with Gasteiger partial charge in [-0.3, -0.25) is 9.59 Å². The molecule has 1 heterocycles. The summed E-state index contributed by atoms with van der Waals surface area (Å²) in [7, 11) is 0. The smallest absolute Gasteiger partial charge is 0.251 e. The first-order valence-electron chi connectivity index (χ1n) is 7.11. The quantitative estimate of drug-likeness (QED) is 0.639. The van der Waals surface area contributed by atoms with E-state index in [1.165, 1.54) is 0 Å². The number of rotatable bonds is 6. The summed E-state index contributed by atoms with van der Waals surface area (Å²) < 4.78 is 0. The van der Waals surface area contributed by atoms with Crippen molar-refractivity contribution < 1.29 is 9.59 Å². The maximum absolute atomic E-state index is 12.1. The lowest BCUT2D eigenvalue weighted by molar-refractivity contribution is -0.127. The number of carbonyl (C=O) groups is 2. The summed E-state index contributed by atoms with van der Waals surface area (Å²) >= 11 is 11.9. The fourth-order valence-corrected chi connectivity index (χ4v) is 2.72. The minimum absolute atomic E-state index is 0.192. The van der Waals surface area contributed by atoms with Crippen LogP contribution >= 0.6 is 23.2 Å². The van der Waals surface area contributed by atoms with E-state index >= 15 is 0 Å². The second-order valence-corrected chi connectivity index (χ2v) is 5.85. The third kappa shape index (κ3) is 4.02. The second kappa shape index (κ2) is 7.65. The van der Waals surface area contributed by atoms with Crippen molar-refractivity contribution in [3.8, 4) is 0 Å². The molecule has 0 atom stereocenters. The van der Waals surface area contributed by atoms with Gasteiger partial charge in [-0.2, -0.15) is 0 Å². The number of halogens is 2. The fourth-order valence-electron chi connectivity index (χ4n) is 2.33. The van der Waals surface area contributed by atoms with E-state index in [9.17, 15) is 9.59 Å². The van der Waals surface area contributed by atoms with Gasteiger partial charge >= 0.3 is 0 Å². The molecular weight excluding hydrogens is 323 g/mol. The van der Waals surface area contributed by atoms with Gasteiger partial charge in [0, 0.05) is 43.3 Å². The Morgan fingerprint density at radius 3 is 2.91 bits per heavy atom. The number of hydrogen-bond acceptors (Lipinski definition) is 2. The van der Waals surface area contributed by atoms with Crippen LogP contribution in [-0.2, 0) is 9.59 Å². The van der Waals surface area contributed by atoms with Crippen LogP contribution in [0.15, 0.2) is 18.7 Å². The predicted molar refractivity (Wildman–Crippen MR) is 87.8 cm³/mol. The van der Waals surface area contributed by atoms with Crippen molar-refractivity contribution in [1.29, 1.82) is 0 Å². The number of nitrogens with zero attached hydrogens (tertiary/aromatic N) is 1. The highest BCUT2D eigenvalue weighted by molar-refractivity contribution is 6.44. The van der Waals surface area contributed by atoms with Gasteiger partial charge in [-0.05, 0) is 12.8 Å². The molecule has 1 saturated heterocycles. The molecular formula is C16H17Cl2N2O2. The van der Waals surface area contributed by atoms with Crippen molar-refractivity contribution in [2.24, 2.45) is 0 Å². The minimum Gasteiger partial charge on any atom is -0.352 e. The normalized spacial score (nSPS) is 14.3. The summed E-state index contributed by atoms with van der Waals surface area (Å²) in [5, 5.41) is 3.31. The zero-order chi connectivity index (χ0) is 16.1. The number of amides is 2. The summed E-state index contributed by atoms with van der Waals surface area (Å²) in [4.78, 5) is 25.3. The van der Waals surface area contributed by atoms with Crippen molar-refractivity contribution in [3.63, 3.8) is 0 Å². The molecule has 1 radical (unpaired) electrons. The largest absolute Gasteiger partial charge is 0.352 e. The molecule has 1 N–H and O–H groups in total. The van der Waals surface area contributed by atoms with E-state index in [1.54, 1.807) is 12.1 Å². The van der Waals surface area contributed by atoms with Crippen LogP contribution in [0.4, 0.5) is 0 Å². The summed E-state index contributed by atoms with van der Waals surface area (Å²) in [6.45, 7) is 5.72. The molecule has 117 valence electrons. The van der Waals surface area contributed by atoms with E-state index in [1.807, 2.05) is 4.90 Å². The molecule has 22 heavy (non-hydrogen) atoms. The monoisotopic (exact) mass is 339 g/mol. The Bertz CT molecular complexity index is 602. The maximum atomic E-state index is 12.1. The summed E-state index contributed by atoms with van der Waals surface area (Å²) in [6, 6.07) is 5.99. The van der Waals surface area contributed by atoms with Crippen LogP contribution in [0.3, 0.4) is 0 Å². The van der Waals surface area contributed by atoms with Gasteiger partial charge < -0.3 is 10.2 Å². The van der Waals surface area contributed by atoms with Crippen molar-refractivity contribution in [2.75, 3.05) is 19.6 Å². The van der Waals surface area contributed by atoms with Crippen LogP contribution in [-0.4, -0.2) is 36.3 Å². The SMILES string of the molecule is C=C(C(=O)NCCCN1CCCC1=O)c1cc[c]c(Cl)c1Cl. The molecule has 1 fully saturated rings. The first kappa shape index (κ1) is 16.8. The average molecular weight is 340 g/mol. The van der Waals surface area contributed by atoms with Gasteiger partial charge in [0.1, 0.15) is 0 Å². The maximum Gasteiger partial charge on any atom is 0.251 e. The van der Waals surface area contributed by atoms with E-state index in [2.05, 4.69) is 18.0 Å². The van der Waals surface area contributed by atoms with Gasteiger partial charge in [-0.25, -0.2) is 0 Å². The molecule has 1 aromatic carbocycles. The average Bonchev–Trinajstić information content (AvgIpc) is 2.91. The van der Waals surface area contributed by atoms with Crippen LogP contribution in [0.5, 0.6) is 0 Å². The molecule has 2 rings (SSSR count). The predicted octanol–water partition coefficient (Wildman–Crippen LogP) is 2.94. The second-order valence-electron chi connectivity index (χ2n) is 5.09. The van der Waals surface area contributed by atoms with E-state index in [0.717, 1.165) is 13.0 Å². The number of benzene rings is 1. The molecule has 0 spiro atoms. The van der Waals surface area contributed by atoms with E-state index in [4.69, 9.17) is 23.2 Å². The highest BCUT2D eigenvalue weighted by Gasteiger charge is 2.19. The fraction of sp³-hybridized carbons (Fsp3) is 0.375. The van der Waals surface area contributed by atoms with Crippen molar-refractivity contribution in [1.82, 2.24) is 10.2 Å². The van der Waals surface area contributed by atoms with E-state index in [0.29, 0.717) is 31.5 Å². The van der Waals surface area contributed by atoms with Gasteiger partial charge in [-0.15, -0.1) is 0 Å². The van der Waals surface area contributed by atoms with Crippen LogP contribution in [0.2, 0.25) is 10.0 Å². The first-order valence-corrected chi connectivity index (χ1v) is 7.87. The van der Waals surface area contributed by atoms with Crippen molar-refractivity contribution in [2.45, 2.75) is 19.3 Å². The van der Waals surface area contributed by atoms with Gasteiger partial charge in [0.15, 0.2) is 0 Å². The van der Waals surface area contributed by atoms with Gasteiger partial charge in [0.05, 0.1) is 10.0 Å². The first-order chi connectivity index (χ1) is 10.5. The molecule has 0 bridgehead atoms. The molecule has 0 unspecified atom stereocenters. The topological polar surface area (TPSA) is 49.4 Å². The van der Waals surface area contributed by atoms with Crippen molar-refractivity contribution >= 4 is 40.6 Å². The standard InChI is InChI=1S/C16H17Cl2N2O2/c1-11(12-5-2-6-13(17)15(12)18)16(22)19-8-4-10-20-9-3-7-14(20)21/h2,5H,1,3-4,7-10H2,(H,19,22). The molecule has 1 aliphatic heterocycles. The summed E-state index contributed by atoms with van der Waals surface area (Å²) in [5.74, 6) is -0.102. The van der Waals surface area contributed by atoms with Crippen LogP contribution in [0.25, 0.3) is 5.57 Å². The Morgan fingerprint density at radius 1 is 1.45 bits per heavy atom. The highest BCUT2D eigenvalue weighted by Crippen LogP contribution is 2.29. The van der Waals surface area contributed by atoms with Gasteiger partial charge in [-0.1, -0.05) is 41.9 Å². The van der Waals surface area contributed by atoms with Crippen LogP contribution < -0.4 is 5.32 Å². The van der Waals surface area contributed by atoms with Gasteiger partial charge in [0.2, 0.25) is 5.91 Å². The summed E-state index contributed by atoms with van der Waals surface area (Å²) in [5.41, 5.74) is 0.760. The summed E-state index contributed by atoms with van der Waals surface area (Å²) in [6.07, 6.45) is 2.27. The lowest BCUT2D eigenvalue weighted by atomic mass is 10.1. The number of carbonyl (C=O) groups excluding carboxylic acids is 2. The molecule has 0 aliphatic carbocycles. The number of hydrogen-bond donors (Lipinski definition) is 1. The Kier molecular flexibility index (Phi) is 5.86. The minimum atomic E-state index is -0.295. The number of likely N-dealkylation sites (tertiary alicyclic amines) is 1. The van der Waals surface area contributed by atoms with Gasteiger partial charge in [0.25, 0.3) is 5.91 Å². The molecule has 1 aliphatic rings.